The van der Waals surface area contributed by atoms with Crippen LogP contribution in [-0.2, 0) is 11.5 Å². The first-order valence-corrected chi connectivity index (χ1v) is 14.8. The van der Waals surface area contributed by atoms with Gasteiger partial charge in [0.25, 0.3) is 0 Å². The Morgan fingerprint density at radius 3 is 2.47 bits per heavy atom. The van der Waals surface area contributed by atoms with E-state index in [1.165, 1.54) is 17.6 Å². The number of fused-ring (bicyclic) bond motifs is 1. The lowest BCUT2D eigenvalue weighted by Gasteiger charge is -2.15. The number of rotatable bonds is 9. The third-order valence-corrected chi connectivity index (χ3v) is 6.81. The Morgan fingerprint density at radius 1 is 1.19 bits per heavy atom. The van der Waals surface area contributed by atoms with Crippen molar-refractivity contribution in [2.24, 2.45) is 0 Å². The van der Waals surface area contributed by atoms with Crippen molar-refractivity contribution in [3.05, 3.63) is 47.2 Å². The van der Waals surface area contributed by atoms with Crippen LogP contribution in [0.15, 0.2) is 30.6 Å². The molecule has 0 aliphatic carbocycles. The molecule has 1 aromatic carbocycles. The summed E-state index contributed by atoms with van der Waals surface area (Å²) in [5.74, 6) is -3.17. The van der Waals surface area contributed by atoms with Gasteiger partial charge in [0.2, 0.25) is 0 Å². The molecule has 3 rings (SSSR count). The number of benzene rings is 1. The van der Waals surface area contributed by atoms with E-state index in [2.05, 4.69) is 24.6 Å². The minimum Gasteiger partial charge on any atom is -0.450 e. The molecule has 2 amide bonds. The molecule has 0 unspecified atom stereocenters. The van der Waals surface area contributed by atoms with Crippen molar-refractivity contribution in [1.82, 2.24) is 14.9 Å². The van der Waals surface area contributed by atoms with Gasteiger partial charge in [-0.3, -0.25) is 0 Å². The molecule has 0 aliphatic heterocycles. The average Bonchev–Trinajstić information content (AvgIpc) is 3.07. The highest BCUT2D eigenvalue weighted by molar-refractivity contribution is 6.76. The summed E-state index contributed by atoms with van der Waals surface area (Å²) >= 11 is 6.35. The molecule has 0 saturated carbocycles. The van der Waals surface area contributed by atoms with Gasteiger partial charge in [-0.15, -0.1) is 0 Å². The predicted molar refractivity (Wildman–Crippen MR) is 128 cm³/mol. The molecule has 0 saturated heterocycles. The molecule has 7 nitrogen and oxygen atoms in total. The minimum atomic E-state index is -4.64. The Morgan fingerprint density at radius 2 is 1.86 bits per heavy atom. The maximum atomic E-state index is 14.6. The van der Waals surface area contributed by atoms with Gasteiger partial charge < -0.3 is 24.7 Å². The molecule has 2 aromatic heterocycles. The largest absolute Gasteiger partial charge is 0.450 e. The second-order valence-electron chi connectivity index (χ2n) is 9.10. The molecule has 2 heterocycles. The van der Waals surface area contributed by atoms with E-state index in [-0.39, 0.29) is 17.5 Å². The molecule has 196 valence electrons. The molecular weight excluding hydrogens is 527 g/mol. The fraction of sp³-hybridized carbons (Fsp3) is 0.364. The summed E-state index contributed by atoms with van der Waals surface area (Å²) in [6.45, 7) is 5.82. The van der Waals surface area contributed by atoms with Crippen LogP contribution in [0, 0.1) is 11.6 Å². The molecule has 0 fully saturated rings. The molecule has 36 heavy (non-hydrogen) atoms. The van der Waals surface area contributed by atoms with Gasteiger partial charge in [0, 0.05) is 44.9 Å². The summed E-state index contributed by atoms with van der Waals surface area (Å²) in [7, 11) is -1.27. The SMILES string of the molecule is C[Si](C)(C)CCOCn1cc(Cl)c2c(Oc3c(F)cc(NC(=O)NCC(F)(F)F)cc3F)ccnc21. The minimum absolute atomic E-state index is 0.0206. The van der Waals surface area contributed by atoms with E-state index in [4.69, 9.17) is 21.1 Å². The Bertz CT molecular complexity index is 1220. The number of anilines is 1. The first kappa shape index (κ1) is 27.7. The van der Waals surface area contributed by atoms with Gasteiger partial charge in [-0.1, -0.05) is 31.2 Å². The number of nitrogens with zero attached hydrogens (tertiary/aromatic N) is 2. The third-order valence-electron chi connectivity index (χ3n) is 4.82. The summed E-state index contributed by atoms with van der Waals surface area (Å²) in [6, 6.07) is 2.48. The molecule has 2 N–H and O–H groups in total. The van der Waals surface area contributed by atoms with Crippen LogP contribution in [0.25, 0.3) is 11.0 Å². The Balaban J connectivity index is 1.77. The maximum Gasteiger partial charge on any atom is 0.405 e. The summed E-state index contributed by atoms with van der Waals surface area (Å²) in [5, 5.41) is 4.00. The highest BCUT2D eigenvalue weighted by Gasteiger charge is 2.28. The zero-order valence-electron chi connectivity index (χ0n) is 19.6. The van der Waals surface area contributed by atoms with Gasteiger partial charge in [-0.25, -0.2) is 18.6 Å². The standard InChI is InChI=1S/C22H24ClF5N4O3Si/c1-36(2,3)7-6-34-12-32-10-14(23)18-17(4-5-29-20(18)32)35-19-15(24)8-13(9-16(19)25)31-21(33)30-11-22(26,27)28/h4-5,8-10H,6-7,11-12H2,1-3H3,(H2,30,31,33). The number of hydrogen-bond acceptors (Lipinski definition) is 4. The first-order chi connectivity index (χ1) is 16.7. The van der Waals surface area contributed by atoms with Crippen molar-refractivity contribution >= 4 is 42.4 Å². The van der Waals surface area contributed by atoms with Crippen LogP contribution in [0.4, 0.5) is 32.4 Å². The Hall–Kier alpha value is -2.90. The zero-order chi connectivity index (χ0) is 26.7. The quantitative estimate of drug-likeness (QED) is 0.175. The highest BCUT2D eigenvalue weighted by atomic mass is 35.5. The molecule has 0 atom stereocenters. The molecule has 0 bridgehead atoms. The molecule has 3 aromatic rings. The van der Waals surface area contributed by atoms with Crippen molar-refractivity contribution in [1.29, 1.82) is 0 Å². The van der Waals surface area contributed by atoms with Crippen molar-refractivity contribution < 1.29 is 36.2 Å². The molecule has 14 heteroatoms. The van der Waals surface area contributed by atoms with E-state index < -0.39 is 49.9 Å². The number of pyridine rings is 1. The number of carbonyl (C=O) groups is 1. The van der Waals surface area contributed by atoms with Crippen LogP contribution >= 0.6 is 11.6 Å². The smallest absolute Gasteiger partial charge is 0.405 e. The second-order valence-corrected chi connectivity index (χ2v) is 15.1. The van der Waals surface area contributed by atoms with E-state index in [0.717, 1.165) is 6.04 Å². The first-order valence-electron chi connectivity index (χ1n) is 10.7. The summed E-state index contributed by atoms with van der Waals surface area (Å²) in [4.78, 5) is 15.8. The van der Waals surface area contributed by atoms with Gasteiger partial charge in [-0.2, -0.15) is 13.2 Å². The van der Waals surface area contributed by atoms with Crippen molar-refractivity contribution in [2.45, 2.75) is 38.6 Å². The van der Waals surface area contributed by atoms with Crippen molar-refractivity contribution in [3.63, 3.8) is 0 Å². The van der Waals surface area contributed by atoms with Gasteiger partial charge in [-0.05, 0) is 12.1 Å². The predicted octanol–water partition coefficient (Wildman–Crippen LogP) is 6.76. The average molecular weight is 551 g/mol. The van der Waals surface area contributed by atoms with Gasteiger partial charge >= 0.3 is 12.2 Å². The van der Waals surface area contributed by atoms with Crippen molar-refractivity contribution in [3.8, 4) is 11.5 Å². The Labute approximate surface area is 209 Å². The number of hydrogen-bond donors (Lipinski definition) is 2. The summed E-state index contributed by atoms with van der Waals surface area (Å²) in [5.41, 5.74) is -0.0255. The molecular formula is C22H24ClF5N4O3Si. The number of urea groups is 1. The number of halogens is 6. The third kappa shape index (κ3) is 7.55. The Kier molecular flexibility index (Phi) is 8.47. The maximum absolute atomic E-state index is 14.6. The molecule has 0 aliphatic rings. The van der Waals surface area contributed by atoms with Gasteiger partial charge in [0.05, 0.1) is 10.4 Å². The molecule has 0 spiro atoms. The summed E-state index contributed by atoms with van der Waals surface area (Å²) < 4.78 is 78.7. The number of aromatic nitrogens is 2. The van der Waals surface area contributed by atoms with Crippen LogP contribution in [0.5, 0.6) is 11.5 Å². The lowest BCUT2D eigenvalue weighted by Crippen LogP contribution is -2.36. The number of alkyl halides is 3. The number of ether oxygens (including phenoxy) is 2. The number of nitrogens with one attached hydrogen (secondary N) is 2. The van der Waals surface area contributed by atoms with Crippen LogP contribution in [0.3, 0.4) is 0 Å². The van der Waals surface area contributed by atoms with E-state index in [9.17, 15) is 26.7 Å². The monoisotopic (exact) mass is 550 g/mol. The molecule has 0 radical (unpaired) electrons. The fourth-order valence-corrected chi connectivity index (χ4v) is 4.11. The second kappa shape index (κ2) is 11.0. The van der Waals surface area contributed by atoms with Crippen LogP contribution in [0.2, 0.25) is 30.7 Å². The fourth-order valence-electron chi connectivity index (χ4n) is 3.06. The topological polar surface area (TPSA) is 77.4 Å². The van der Waals surface area contributed by atoms with E-state index >= 15 is 0 Å². The van der Waals surface area contributed by atoms with E-state index in [0.29, 0.717) is 29.8 Å². The lowest BCUT2D eigenvalue weighted by atomic mass is 10.2. The van der Waals surface area contributed by atoms with E-state index in [1.54, 1.807) is 10.8 Å². The van der Waals surface area contributed by atoms with Crippen LogP contribution in [-0.4, -0.2) is 43.0 Å². The van der Waals surface area contributed by atoms with E-state index in [1.807, 2.05) is 5.32 Å². The van der Waals surface area contributed by atoms with Crippen LogP contribution in [0.1, 0.15) is 0 Å². The summed E-state index contributed by atoms with van der Waals surface area (Å²) in [6.07, 6.45) is -1.69. The van der Waals surface area contributed by atoms with Crippen LogP contribution < -0.4 is 15.4 Å². The number of carbonyl (C=O) groups excluding carboxylic acids is 1. The number of amides is 2. The van der Waals surface area contributed by atoms with Crippen molar-refractivity contribution in [2.75, 3.05) is 18.5 Å². The van der Waals surface area contributed by atoms with Gasteiger partial charge in [0.15, 0.2) is 17.4 Å². The normalized spacial score (nSPS) is 12.1. The zero-order valence-corrected chi connectivity index (χ0v) is 21.4. The van der Waals surface area contributed by atoms with Gasteiger partial charge in [0.1, 0.15) is 24.7 Å². The lowest BCUT2D eigenvalue weighted by molar-refractivity contribution is -0.122. The highest BCUT2D eigenvalue weighted by Crippen LogP contribution is 2.37.